The molecule has 0 rings (SSSR count). The van der Waals surface area contributed by atoms with Crippen molar-refractivity contribution in [3.63, 3.8) is 0 Å². The Morgan fingerprint density at radius 2 is 1.36 bits per heavy atom. The van der Waals surface area contributed by atoms with Gasteiger partial charge < -0.3 is 5.11 Å². The van der Waals surface area contributed by atoms with Crippen LogP contribution in [0, 0.1) is 5.92 Å². The molecule has 1 unspecified atom stereocenters. The lowest BCUT2D eigenvalue weighted by Crippen LogP contribution is -1.95. The molecule has 0 aliphatic rings. The molecule has 0 aromatic heterocycles. The van der Waals surface area contributed by atoms with Crippen molar-refractivity contribution in [1.82, 2.24) is 0 Å². The molecule has 0 heterocycles. The van der Waals surface area contributed by atoms with E-state index >= 15 is 0 Å². The van der Waals surface area contributed by atoms with E-state index in [1.165, 1.54) is 77.0 Å². The highest BCUT2D eigenvalue weighted by Gasteiger charge is 2.01. The summed E-state index contributed by atoms with van der Waals surface area (Å²) in [5.41, 5.74) is 0. The van der Waals surface area contributed by atoms with Gasteiger partial charge in [0.1, 0.15) is 0 Å². The summed E-state index contributed by atoms with van der Waals surface area (Å²) in [7, 11) is 0. The Hall–Kier alpha value is -1.31. The predicted octanol–water partition coefficient (Wildman–Crippen LogP) is 7.47. The highest BCUT2D eigenvalue weighted by Crippen LogP contribution is 2.18. The quantitative estimate of drug-likeness (QED) is 0.168. The number of carbonyl (C=O) groups is 1. The minimum Gasteiger partial charge on any atom is -0.478 e. The van der Waals surface area contributed by atoms with Crippen LogP contribution in [0.2, 0.25) is 0 Å². The molecule has 0 aromatic carbocycles. The van der Waals surface area contributed by atoms with Crippen molar-refractivity contribution in [1.29, 1.82) is 0 Å². The van der Waals surface area contributed by atoms with Crippen molar-refractivity contribution in [2.45, 2.75) is 97.3 Å². The molecule has 0 radical (unpaired) electrons. The Morgan fingerprint density at radius 1 is 0.800 bits per heavy atom. The van der Waals surface area contributed by atoms with Gasteiger partial charge in [0.2, 0.25) is 0 Å². The number of rotatable bonds is 17. The number of allylic oxidation sites excluding steroid dienone is 5. The Bertz CT molecular complexity index is 380. The van der Waals surface area contributed by atoms with Gasteiger partial charge in [-0.3, -0.25) is 0 Å². The van der Waals surface area contributed by atoms with Crippen LogP contribution in [-0.2, 0) is 4.79 Å². The lowest BCUT2D eigenvalue weighted by Gasteiger charge is -2.10. The van der Waals surface area contributed by atoms with E-state index in [-0.39, 0.29) is 0 Å². The summed E-state index contributed by atoms with van der Waals surface area (Å²) >= 11 is 0. The van der Waals surface area contributed by atoms with E-state index in [0.717, 1.165) is 18.4 Å². The summed E-state index contributed by atoms with van der Waals surface area (Å²) < 4.78 is 0. The summed E-state index contributed by atoms with van der Waals surface area (Å²) in [4.78, 5) is 10.3. The van der Waals surface area contributed by atoms with Crippen molar-refractivity contribution in [2.75, 3.05) is 0 Å². The minimum absolute atomic E-state index is 0.907. The SMILES string of the molecule is CCCCCCCC(C)CCCCCCC/C=C\C=CC=CC(=O)O. The Balaban J connectivity index is 3.34. The second-order valence-electron chi connectivity index (χ2n) is 7.16. The van der Waals surface area contributed by atoms with Gasteiger partial charge in [-0.15, -0.1) is 0 Å². The van der Waals surface area contributed by atoms with Gasteiger partial charge in [0, 0.05) is 6.08 Å². The lowest BCUT2D eigenvalue weighted by atomic mass is 9.96. The van der Waals surface area contributed by atoms with Gasteiger partial charge in [0.25, 0.3) is 0 Å². The third-order valence-corrected chi connectivity index (χ3v) is 4.58. The maximum Gasteiger partial charge on any atom is 0.328 e. The molecule has 0 saturated carbocycles. The first kappa shape index (κ1) is 23.7. The van der Waals surface area contributed by atoms with Crippen LogP contribution in [0.15, 0.2) is 36.5 Å². The first-order valence-corrected chi connectivity index (χ1v) is 10.4. The van der Waals surface area contributed by atoms with Gasteiger partial charge in [0.15, 0.2) is 0 Å². The molecule has 2 heteroatoms. The summed E-state index contributed by atoms with van der Waals surface area (Å²) in [5, 5.41) is 8.43. The minimum atomic E-state index is -0.907. The van der Waals surface area contributed by atoms with Crippen LogP contribution in [0.1, 0.15) is 97.3 Å². The second kappa shape index (κ2) is 19.0. The highest BCUT2D eigenvalue weighted by atomic mass is 16.4. The molecule has 0 aromatic rings. The van der Waals surface area contributed by atoms with E-state index in [4.69, 9.17) is 5.11 Å². The van der Waals surface area contributed by atoms with Crippen LogP contribution in [0.5, 0.6) is 0 Å². The molecule has 25 heavy (non-hydrogen) atoms. The molecule has 0 saturated heterocycles. The second-order valence-corrected chi connectivity index (χ2v) is 7.16. The number of carboxylic acid groups (broad SMARTS) is 1. The third-order valence-electron chi connectivity index (χ3n) is 4.58. The molecule has 0 aliphatic heterocycles. The first-order chi connectivity index (χ1) is 12.2. The summed E-state index contributed by atoms with van der Waals surface area (Å²) in [6.07, 6.45) is 28.1. The smallest absolute Gasteiger partial charge is 0.328 e. The maximum absolute atomic E-state index is 10.3. The molecular formula is C23H40O2. The largest absolute Gasteiger partial charge is 0.478 e. The van der Waals surface area contributed by atoms with E-state index in [1.54, 1.807) is 12.2 Å². The molecule has 2 nitrogen and oxygen atoms in total. The van der Waals surface area contributed by atoms with Crippen molar-refractivity contribution in [2.24, 2.45) is 5.92 Å². The normalized spacial score (nSPS) is 13.4. The number of carboxylic acids is 1. The summed E-state index contributed by atoms with van der Waals surface area (Å²) in [6, 6.07) is 0. The lowest BCUT2D eigenvalue weighted by molar-refractivity contribution is -0.131. The highest BCUT2D eigenvalue weighted by molar-refractivity contribution is 5.80. The van der Waals surface area contributed by atoms with E-state index in [1.807, 2.05) is 12.2 Å². The number of hydrogen-bond donors (Lipinski definition) is 1. The van der Waals surface area contributed by atoms with Gasteiger partial charge in [-0.1, -0.05) is 115 Å². The average Bonchev–Trinajstić information content (AvgIpc) is 2.58. The number of hydrogen-bond acceptors (Lipinski definition) is 1. The predicted molar refractivity (Wildman–Crippen MR) is 110 cm³/mol. The fourth-order valence-electron chi connectivity index (χ4n) is 2.97. The van der Waals surface area contributed by atoms with Gasteiger partial charge in [-0.25, -0.2) is 4.79 Å². The molecular weight excluding hydrogens is 308 g/mol. The topological polar surface area (TPSA) is 37.3 Å². The molecule has 1 atom stereocenters. The first-order valence-electron chi connectivity index (χ1n) is 10.4. The molecule has 0 aliphatic carbocycles. The van der Waals surface area contributed by atoms with Crippen LogP contribution in [0.25, 0.3) is 0 Å². The molecule has 0 bridgehead atoms. The molecule has 0 fully saturated rings. The maximum atomic E-state index is 10.3. The molecule has 1 N–H and O–H groups in total. The van der Waals surface area contributed by atoms with Gasteiger partial charge in [0.05, 0.1) is 0 Å². The average molecular weight is 349 g/mol. The molecule has 0 amide bonds. The molecule has 144 valence electrons. The Morgan fingerprint density at radius 3 is 2.00 bits per heavy atom. The number of unbranched alkanes of at least 4 members (excludes halogenated alkanes) is 9. The van der Waals surface area contributed by atoms with Crippen molar-refractivity contribution in [3.05, 3.63) is 36.5 Å². The zero-order chi connectivity index (χ0) is 18.6. The fourth-order valence-corrected chi connectivity index (χ4v) is 2.97. The van der Waals surface area contributed by atoms with E-state index < -0.39 is 5.97 Å². The van der Waals surface area contributed by atoms with Gasteiger partial charge in [-0.05, 0) is 18.8 Å². The van der Waals surface area contributed by atoms with E-state index in [0.29, 0.717) is 0 Å². The van der Waals surface area contributed by atoms with Crippen molar-refractivity contribution >= 4 is 5.97 Å². The van der Waals surface area contributed by atoms with Crippen LogP contribution in [0.3, 0.4) is 0 Å². The van der Waals surface area contributed by atoms with Crippen LogP contribution in [0.4, 0.5) is 0 Å². The van der Waals surface area contributed by atoms with Gasteiger partial charge >= 0.3 is 5.97 Å². The Kier molecular flexibility index (Phi) is 18.0. The zero-order valence-corrected chi connectivity index (χ0v) is 16.6. The standard InChI is InChI=1S/C23H40O2/c1-3-4-5-13-16-19-22(2)20-17-14-11-9-7-6-8-10-12-15-18-21-23(24)25/h8,10,12,15,18,21-22H,3-7,9,11,13-14,16-17,19-20H2,1-2H3,(H,24,25)/b10-8-,15-12?,21-18?. The van der Waals surface area contributed by atoms with Crippen molar-refractivity contribution in [3.8, 4) is 0 Å². The van der Waals surface area contributed by atoms with Crippen molar-refractivity contribution < 1.29 is 9.90 Å². The summed E-state index contributed by atoms with van der Waals surface area (Å²) in [6.45, 7) is 4.70. The summed E-state index contributed by atoms with van der Waals surface area (Å²) in [5.74, 6) is 0.00141. The van der Waals surface area contributed by atoms with Crippen LogP contribution < -0.4 is 0 Å². The third kappa shape index (κ3) is 20.6. The Labute approximate surface area is 156 Å². The monoisotopic (exact) mass is 348 g/mol. The number of aliphatic carboxylic acids is 1. The van der Waals surface area contributed by atoms with Crippen LogP contribution in [-0.4, -0.2) is 11.1 Å². The zero-order valence-electron chi connectivity index (χ0n) is 16.6. The van der Waals surface area contributed by atoms with E-state index in [9.17, 15) is 4.79 Å². The van der Waals surface area contributed by atoms with Gasteiger partial charge in [-0.2, -0.15) is 0 Å². The van der Waals surface area contributed by atoms with Crippen LogP contribution >= 0.6 is 0 Å². The fraction of sp³-hybridized carbons (Fsp3) is 0.696. The molecule has 0 spiro atoms. The van der Waals surface area contributed by atoms with E-state index in [2.05, 4.69) is 19.9 Å².